The Balaban J connectivity index is 1.91. The zero-order chi connectivity index (χ0) is 15.0. The van der Waals surface area contributed by atoms with Crippen molar-refractivity contribution in [3.8, 4) is 0 Å². The summed E-state index contributed by atoms with van der Waals surface area (Å²) < 4.78 is 1.91. The Morgan fingerprint density at radius 1 is 1.24 bits per heavy atom. The number of fused-ring (bicyclic) bond motifs is 1. The summed E-state index contributed by atoms with van der Waals surface area (Å²) in [4.78, 5) is 16.6. The lowest BCUT2D eigenvalue weighted by Crippen LogP contribution is -2.12. The van der Waals surface area contributed by atoms with Gasteiger partial charge in [-0.2, -0.15) is 0 Å². The predicted molar refractivity (Wildman–Crippen MR) is 84.9 cm³/mol. The molecular weight excluding hydrogens is 286 g/mol. The molecule has 0 aliphatic rings. The molecule has 2 aromatic carbocycles. The van der Waals surface area contributed by atoms with Gasteiger partial charge in [0, 0.05) is 23.3 Å². The Bertz CT molecular complexity index is 839. The van der Waals surface area contributed by atoms with E-state index in [1.54, 1.807) is 30.6 Å². The van der Waals surface area contributed by atoms with E-state index in [9.17, 15) is 4.79 Å². The summed E-state index contributed by atoms with van der Waals surface area (Å²) in [7, 11) is 1.92. The second-order valence-electron chi connectivity index (χ2n) is 4.97. The third kappa shape index (κ3) is 2.62. The third-order valence-corrected chi connectivity index (χ3v) is 3.67. The van der Waals surface area contributed by atoms with Gasteiger partial charge < -0.3 is 9.88 Å². The molecular formula is C16H14ClN3O. The van der Waals surface area contributed by atoms with Crippen LogP contribution >= 0.6 is 11.6 Å². The molecule has 3 aromatic rings. The number of anilines is 1. The number of nitrogens with one attached hydrogen (secondary N) is 1. The highest BCUT2D eigenvalue weighted by atomic mass is 35.5. The van der Waals surface area contributed by atoms with Crippen molar-refractivity contribution < 1.29 is 4.79 Å². The number of rotatable bonds is 2. The number of hydrogen-bond acceptors (Lipinski definition) is 2. The van der Waals surface area contributed by atoms with Crippen molar-refractivity contribution in [2.45, 2.75) is 6.92 Å². The van der Waals surface area contributed by atoms with Gasteiger partial charge in [0.15, 0.2) is 0 Å². The number of benzene rings is 2. The summed E-state index contributed by atoms with van der Waals surface area (Å²) in [6, 6.07) is 10.9. The third-order valence-electron chi connectivity index (χ3n) is 3.44. The maximum atomic E-state index is 12.3. The van der Waals surface area contributed by atoms with E-state index in [1.807, 2.05) is 30.7 Å². The molecule has 4 nitrogen and oxygen atoms in total. The summed E-state index contributed by atoms with van der Waals surface area (Å²) in [6.07, 6.45) is 1.73. The van der Waals surface area contributed by atoms with E-state index in [0.29, 0.717) is 16.3 Å². The quantitative estimate of drug-likeness (QED) is 0.782. The second-order valence-corrected chi connectivity index (χ2v) is 5.41. The van der Waals surface area contributed by atoms with E-state index in [4.69, 9.17) is 11.6 Å². The van der Waals surface area contributed by atoms with Gasteiger partial charge in [0.05, 0.1) is 17.4 Å². The lowest BCUT2D eigenvalue weighted by Gasteiger charge is -2.09. The van der Waals surface area contributed by atoms with Crippen LogP contribution in [-0.4, -0.2) is 15.5 Å². The molecule has 1 N–H and O–H groups in total. The molecule has 1 amide bonds. The molecule has 0 saturated heterocycles. The van der Waals surface area contributed by atoms with Crippen molar-refractivity contribution in [2.24, 2.45) is 7.05 Å². The fourth-order valence-electron chi connectivity index (χ4n) is 2.20. The molecule has 0 unspecified atom stereocenters. The molecule has 0 spiro atoms. The highest BCUT2D eigenvalue weighted by Crippen LogP contribution is 2.21. The van der Waals surface area contributed by atoms with Crippen LogP contribution in [0.4, 0.5) is 5.69 Å². The molecule has 0 aliphatic carbocycles. The molecule has 0 atom stereocenters. The van der Waals surface area contributed by atoms with Gasteiger partial charge in [-0.3, -0.25) is 4.79 Å². The summed E-state index contributed by atoms with van der Waals surface area (Å²) in [6.45, 7) is 1.92. The second kappa shape index (κ2) is 5.22. The minimum Gasteiger partial charge on any atom is -0.334 e. The van der Waals surface area contributed by atoms with Crippen LogP contribution in [0.5, 0.6) is 0 Å². The van der Waals surface area contributed by atoms with Crippen molar-refractivity contribution >= 4 is 34.2 Å². The summed E-state index contributed by atoms with van der Waals surface area (Å²) in [5.41, 5.74) is 4.04. The van der Waals surface area contributed by atoms with Gasteiger partial charge in [-0.15, -0.1) is 0 Å². The Labute approximate surface area is 127 Å². The van der Waals surface area contributed by atoms with Crippen LogP contribution in [0.3, 0.4) is 0 Å². The van der Waals surface area contributed by atoms with Crippen molar-refractivity contribution in [1.82, 2.24) is 9.55 Å². The highest BCUT2D eigenvalue weighted by Gasteiger charge is 2.10. The molecule has 0 bridgehead atoms. The summed E-state index contributed by atoms with van der Waals surface area (Å²) in [5, 5.41) is 3.47. The van der Waals surface area contributed by atoms with Gasteiger partial charge in [-0.1, -0.05) is 17.7 Å². The van der Waals surface area contributed by atoms with Gasteiger partial charge in [0.2, 0.25) is 0 Å². The SMILES string of the molecule is Cc1ccc(Cl)cc1NC(=O)c1ccc2c(c1)ncn2C. The van der Waals surface area contributed by atoms with Gasteiger partial charge >= 0.3 is 0 Å². The number of halogens is 1. The summed E-state index contributed by atoms with van der Waals surface area (Å²) in [5.74, 6) is -0.173. The molecule has 1 heterocycles. The van der Waals surface area contributed by atoms with Crippen LogP contribution in [0.2, 0.25) is 5.02 Å². The first-order valence-corrected chi connectivity index (χ1v) is 6.91. The van der Waals surface area contributed by atoms with E-state index in [2.05, 4.69) is 10.3 Å². The number of carbonyl (C=O) groups is 1. The monoisotopic (exact) mass is 299 g/mol. The van der Waals surface area contributed by atoms with Crippen LogP contribution in [0.25, 0.3) is 11.0 Å². The summed E-state index contributed by atoms with van der Waals surface area (Å²) >= 11 is 5.96. The Morgan fingerprint density at radius 3 is 2.86 bits per heavy atom. The smallest absolute Gasteiger partial charge is 0.255 e. The van der Waals surface area contributed by atoms with Gasteiger partial charge in [0.25, 0.3) is 5.91 Å². The topological polar surface area (TPSA) is 46.9 Å². The molecule has 0 aliphatic heterocycles. The number of aromatic nitrogens is 2. The van der Waals surface area contributed by atoms with Crippen molar-refractivity contribution in [2.75, 3.05) is 5.32 Å². The number of amides is 1. The Morgan fingerprint density at radius 2 is 2.05 bits per heavy atom. The lowest BCUT2D eigenvalue weighted by molar-refractivity contribution is 0.102. The first-order chi connectivity index (χ1) is 10.0. The molecule has 1 aromatic heterocycles. The fraction of sp³-hybridized carbons (Fsp3) is 0.125. The molecule has 0 saturated carbocycles. The zero-order valence-electron chi connectivity index (χ0n) is 11.7. The van der Waals surface area contributed by atoms with E-state index < -0.39 is 0 Å². The molecule has 0 radical (unpaired) electrons. The number of imidazole rings is 1. The van der Waals surface area contributed by atoms with Crippen molar-refractivity contribution in [3.63, 3.8) is 0 Å². The molecule has 5 heteroatoms. The average molecular weight is 300 g/mol. The standard InChI is InChI=1S/C16H14ClN3O/c1-10-3-5-12(17)8-13(10)19-16(21)11-4-6-15-14(7-11)18-9-20(15)2/h3-9H,1-2H3,(H,19,21). The lowest BCUT2D eigenvalue weighted by atomic mass is 10.1. The molecule has 0 fully saturated rings. The number of aryl methyl sites for hydroxylation is 2. The normalized spacial score (nSPS) is 10.8. The maximum Gasteiger partial charge on any atom is 0.255 e. The predicted octanol–water partition coefficient (Wildman–Crippen LogP) is 3.79. The Kier molecular flexibility index (Phi) is 3.39. The highest BCUT2D eigenvalue weighted by molar-refractivity contribution is 6.31. The average Bonchev–Trinajstić information content (AvgIpc) is 2.84. The zero-order valence-corrected chi connectivity index (χ0v) is 12.5. The van der Waals surface area contributed by atoms with Gasteiger partial charge in [0.1, 0.15) is 0 Å². The van der Waals surface area contributed by atoms with E-state index >= 15 is 0 Å². The Hall–Kier alpha value is -2.33. The van der Waals surface area contributed by atoms with E-state index in [1.165, 1.54) is 0 Å². The fourth-order valence-corrected chi connectivity index (χ4v) is 2.37. The number of hydrogen-bond donors (Lipinski definition) is 1. The van der Waals surface area contributed by atoms with Crippen molar-refractivity contribution in [3.05, 3.63) is 58.9 Å². The minimum atomic E-state index is -0.173. The van der Waals surface area contributed by atoms with Crippen LogP contribution in [-0.2, 0) is 7.05 Å². The maximum absolute atomic E-state index is 12.3. The van der Waals surface area contributed by atoms with Crippen LogP contribution < -0.4 is 5.32 Å². The molecule has 3 rings (SSSR count). The molecule has 106 valence electrons. The van der Waals surface area contributed by atoms with Gasteiger partial charge in [-0.25, -0.2) is 4.98 Å². The minimum absolute atomic E-state index is 0.173. The van der Waals surface area contributed by atoms with E-state index in [0.717, 1.165) is 16.6 Å². The van der Waals surface area contributed by atoms with Gasteiger partial charge in [-0.05, 0) is 42.8 Å². The van der Waals surface area contributed by atoms with Crippen molar-refractivity contribution in [1.29, 1.82) is 0 Å². The van der Waals surface area contributed by atoms with E-state index in [-0.39, 0.29) is 5.91 Å². The first kappa shape index (κ1) is 13.6. The van der Waals surface area contributed by atoms with Crippen LogP contribution in [0.15, 0.2) is 42.7 Å². The largest absolute Gasteiger partial charge is 0.334 e. The van der Waals surface area contributed by atoms with Crippen LogP contribution in [0.1, 0.15) is 15.9 Å². The van der Waals surface area contributed by atoms with Crippen LogP contribution in [0, 0.1) is 6.92 Å². The molecule has 21 heavy (non-hydrogen) atoms. The first-order valence-electron chi connectivity index (χ1n) is 6.53. The number of carbonyl (C=O) groups excluding carboxylic acids is 1. The number of nitrogens with zero attached hydrogens (tertiary/aromatic N) is 2.